The van der Waals surface area contributed by atoms with Crippen LogP contribution in [0.15, 0.2) is 30.5 Å². The molecule has 0 saturated heterocycles. The van der Waals surface area contributed by atoms with Gasteiger partial charge in [0.05, 0.1) is 11.8 Å². The summed E-state index contributed by atoms with van der Waals surface area (Å²) in [4.78, 5) is 14.3. The zero-order valence-electron chi connectivity index (χ0n) is 15.9. The van der Waals surface area contributed by atoms with Crippen molar-refractivity contribution in [2.24, 2.45) is 0 Å². The fourth-order valence-electron chi connectivity index (χ4n) is 2.77. The molecule has 1 aromatic heterocycles. The SMILES string of the molecule is CCn1ncc(CN(C)C(=O)c2ccc(CCC(C)(C)O)cc2)c1C. The number of aliphatic hydroxyl groups is 1. The van der Waals surface area contributed by atoms with Crippen LogP contribution in [0.4, 0.5) is 0 Å². The summed E-state index contributed by atoms with van der Waals surface area (Å²) in [7, 11) is 1.81. The van der Waals surface area contributed by atoms with Gasteiger partial charge in [-0.1, -0.05) is 12.1 Å². The maximum Gasteiger partial charge on any atom is 0.253 e. The summed E-state index contributed by atoms with van der Waals surface area (Å²) in [6.45, 7) is 9.07. The smallest absolute Gasteiger partial charge is 0.253 e. The Balaban J connectivity index is 2.00. The number of amides is 1. The lowest BCUT2D eigenvalue weighted by Gasteiger charge is -2.18. The highest BCUT2D eigenvalue weighted by Crippen LogP contribution is 2.16. The molecule has 2 rings (SSSR count). The molecular formula is C20H29N3O2. The molecule has 0 fully saturated rings. The minimum Gasteiger partial charge on any atom is -0.390 e. The van der Waals surface area contributed by atoms with Gasteiger partial charge in [0.15, 0.2) is 0 Å². The van der Waals surface area contributed by atoms with Gasteiger partial charge in [0.1, 0.15) is 0 Å². The van der Waals surface area contributed by atoms with Gasteiger partial charge in [-0.2, -0.15) is 5.10 Å². The number of aromatic nitrogens is 2. The Kier molecular flexibility index (Phi) is 6.01. The van der Waals surface area contributed by atoms with Crippen molar-refractivity contribution in [2.75, 3.05) is 7.05 Å². The Morgan fingerprint density at radius 2 is 1.92 bits per heavy atom. The zero-order chi connectivity index (χ0) is 18.6. The number of hydrogen-bond acceptors (Lipinski definition) is 3. The first kappa shape index (κ1) is 19.2. The summed E-state index contributed by atoms with van der Waals surface area (Å²) < 4.78 is 1.94. The monoisotopic (exact) mass is 343 g/mol. The molecule has 0 unspecified atom stereocenters. The van der Waals surface area contributed by atoms with E-state index in [2.05, 4.69) is 12.0 Å². The predicted molar refractivity (Wildman–Crippen MR) is 99.5 cm³/mol. The predicted octanol–water partition coefficient (Wildman–Crippen LogP) is 3.19. The zero-order valence-corrected chi connectivity index (χ0v) is 15.9. The second-order valence-electron chi connectivity index (χ2n) is 7.24. The van der Waals surface area contributed by atoms with Crippen molar-refractivity contribution in [2.45, 2.75) is 59.2 Å². The number of carbonyl (C=O) groups is 1. The molecule has 0 aliphatic carbocycles. The lowest BCUT2D eigenvalue weighted by atomic mass is 9.98. The average molecular weight is 343 g/mol. The van der Waals surface area contributed by atoms with Crippen molar-refractivity contribution in [1.29, 1.82) is 0 Å². The van der Waals surface area contributed by atoms with Crippen molar-refractivity contribution in [3.63, 3.8) is 0 Å². The van der Waals surface area contributed by atoms with Crippen LogP contribution < -0.4 is 0 Å². The van der Waals surface area contributed by atoms with Gasteiger partial charge in [-0.15, -0.1) is 0 Å². The maximum atomic E-state index is 12.6. The molecule has 1 heterocycles. The number of hydrogen-bond donors (Lipinski definition) is 1. The first-order chi connectivity index (χ1) is 11.7. The van der Waals surface area contributed by atoms with Gasteiger partial charge < -0.3 is 10.0 Å². The summed E-state index contributed by atoms with van der Waals surface area (Å²) in [5, 5.41) is 14.1. The van der Waals surface area contributed by atoms with Crippen LogP contribution >= 0.6 is 0 Å². The summed E-state index contributed by atoms with van der Waals surface area (Å²) in [5.74, 6) is -0.00214. The molecule has 1 aromatic carbocycles. The number of nitrogens with zero attached hydrogens (tertiary/aromatic N) is 3. The lowest BCUT2D eigenvalue weighted by Crippen LogP contribution is -2.26. The molecule has 0 aliphatic rings. The van der Waals surface area contributed by atoms with Gasteiger partial charge in [0, 0.05) is 37.0 Å². The third-order valence-electron chi connectivity index (χ3n) is 4.48. The standard InChI is InChI=1S/C20H29N3O2/c1-6-23-15(2)18(13-21-23)14-22(5)19(24)17-9-7-16(8-10-17)11-12-20(3,4)25/h7-10,13,25H,6,11-12,14H2,1-5H3. The van der Waals surface area contributed by atoms with E-state index < -0.39 is 5.60 Å². The molecular weight excluding hydrogens is 314 g/mol. The molecule has 5 nitrogen and oxygen atoms in total. The van der Waals surface area contributed by atoms with Crippen LogP contribution in [-0.4, -0.2) is 38.3 Å². The van der Waals surface area contributed by atoms with Gasteiger partial charge in [-0.25, -0.2) is 0 Å². The number of benzene rings is 1. The molecule has 1 N–H and O–H groups in total. The van der Waals surface area contributed by atoms with E-state index in [4.69, 9.17) is 0 Å². The summed E-state index contributed by atoms with van der Waals surface area (Å²) in [6.07, 6.45) is 3.33. The average Bonchev–Trinajstić information content (AvgIpc) is 2.92. The minimum absolute atomic E-state index is 0.00214. The Morgan fingerprint density at radius 1 is 1.28 bits per heavy atom. The van der Waals surface area contributed by atoms with Crippen molar-refractivity contribution in [3.8, 4) is 0 Å². The van der Waals surface area contributed by atoms with E-state index in [9.17, 15) is 9.90 Å². The molecule has 0 saturated carbocycles. The van der Waals surface area contributed by atoms with Crippen LogP contribution in [0.2, 0.25) is 0 Å². The molecule has 25 heavy (non-hydrogen) atoms. The van der Waals surface area contributed by atoms with Crippen LogP contribution in [0.3, 0.4) is 0 Å². The van der Waals surface area contributed by atoms with Crippen molar-refractivity contribution in [3.05, 3.63) is 52.8 Å². The lowest BCUT2D eigenvalue weighted by molar-refractivity contribution is 0.0713. The van der Waals surface area contributed by atoms with E-state index in [0.717, 1.165) is 29.8 Å². The number of rotatable bonds is 7. The molecule has 1 amide bonds. The Bertz CT molecular complexity index is 712. The van der Waals surface area contributed by atoms with Crippen LogP contribution in [0.1, 0.15) is 54.4 Å². The second-order valence-corrected chi connectivity index (χ2v) is 7.24. The van der Waals surface area contributed by atoms with Gasteiger partial charge in [0.25, 0.3) is 5.91 Å². The molecule has 0 bridgehead atoms. The second kappa shape index (κ2) is 7.83. The van der Waals surface area contributed by atoms with E-state index >= 15 is 0 Å². The molecule has 0 spiro atoms. The largest absolute Gasteiger partial charge is 0.390 e. The summed E-state index contributed by atoms with van der Waals surface area (Å²) >= 11 is 0. The Labute approximate surface area is 150 Å². The van der Waals surface area contributed by atoms with E-state index in [1.54, 1.807) is 4.90 Å². The van der Waals surface area contributed by atoms with Crippen molar-refractivity contribution >= 4 is 5.91 Å². The summed E-state index contributed by atoms with van der Waals surface area (Å²) in [6, 6.07) is 7.65. The third-order valence-corrected chi connectivity index (χ3v) is 4.48. The molecule has 0 aliphatic heterocycles. The van der Waals surface area contributed by atoms with E-state index in [1.807, 2.05) is 63.0 Å². The quantitative estimate of drug-likeness (QED) is 0.840. The fraction of sp³-hybridized carbons (Fsp3) is 0.500. The molecule has 0 atom stereocenters. The highest BCUT2D eigenvalue weighted by molar-refractivity contribution is 5.94. The molecule has 0 radical (unpaired) electrons. The van der Waals surface area contributed by atoms with Crippen LogP contribution in [0, 0.1) is 6.92 Å². The van der Waals surface area contributed by atoms with E-state index in [0.29, 0.717) is 18.5 Å². The normalized spacial score (nSPS) is 11.6. The minimum atomic E-state index is -0.671. The highest BCUT2D eigenvalue weighted by atomic mass is 16.3. The van der Waals surface area contributed by atoms with E-state index in [-0.39, 0.29) is 5.91 Å². The maximum absolute atomic E-state index is 12.6. The van der Waals surface area contributed by atoms with Gasteiger partial charge in [-0.3, -0.25) is 9.48 Å². The van der Waals surface area contributed by atoms with Crippen molar-refractivity contribution < 1.29 is 9.90 Å². The molecule has 136 valence electrons. The Hall–Kier alpha value is -2.14. The highest BCUT2D eigenvalue weighted by Gasteiger charge is 2.16. The van der Waals surface area contributed by atoms with Crippen LogP contribution in [-0.2, 0) is 19.5 Å². The molecule has 5 heteroatoms. The van der Waals surface area contributed by atoms with E-state index in [1.165, 1.54) is 0 Å². The van der Waals surface area contributed by atoms with Crippen LogP contribution in [0.25, 0.3) is 0 Å². The number of aryl methyl sites for hydroxylation is 2. The number of carbonyl (C=O) groups excluding carboxylic acids is 1. The van der Waals surface area contributed by atoms with Crippen LogP contribution in [0.5, 0.6) is 0 Å². The molecule has 2 aromatic rings. The van der Waals surface area contributed by atoms with Gasteiger partial charge in [0.2, 0.25) is 0 Å². The van der Waals surface area contributed by atoms with Crippen molar-refractivity contribution in [1.82, 2.24) is 14.7 Å². The fourth-order valence-corrected chi connectivity index (χ4v) is 2.77. The Morgan fingerprint density at radius 3 is 2.44 bits per heavy atom. The van der Waals surface area contributed by atoms with Gasteiger partial charge >= 0.3 is 0 Å². The summed E-state index contributed by atoms with van der Waals surface area (Å²) in [5.41, 5.74) is 3.30. The third kappa shape index (κ3) is 5.16. The first-order valence-electron chi connectivity index (χ1n) is 8.79. The first-order valence-corrected chi connectivity index (χ1v) is 8.79. The topological polar surface area (TPSA) is 58.4 Å². The van der Waals surface area contributed by atoms with Gasteiger partial charge in [-0.05, 0) is 58.2 Å².